The average Bonchev–Trinajstić information content (AvgIpc) is 3.83. The second-order valence-electron chi connectivity index (χ2n) is 12.2. The number of hydrogen-bond acceptors (Lipinski definition) is 4. The second kappa shape index (κ2) is 11.1. The molecule has 2 heterocycles. The molecule has 1 N–H and O–H groups in total. The molecule has 0 radical (unpaired) electrons. The van der Waals surface area contributed by atoms with Crippen molar-refractivity contribution in [2.75, 3.05) is 4.90 Å². The summed E-state index contributed by atoms with van der Waals surface area (Å²) in [4.78, 5) is 2.11. The van der Waals surface area contributed by atoms with E-state index in [1.165, 1.54) is 0 Å². The molecule has 0 unspecified atom stereocenters. The Kier molecular flexibility index (Phi) is 5.07. The van der Waals surface area contributed by atoms with E-state index in [-0.39, 0.29) is 51.7 Å². The fourth-order valence-corrected chi connectivity index (χ4v) is 7.01. The molecule has 4 heteroatoms. The molecule has 8 aromatic carbocycles. The molecule has 0 aliphatic heterocycles. The molecule has 0 bridgehead atoms. The van der Waals surface area contributed by atoms with Crippen LogP contribution in [0.25, 0.3) is 76.9 Å². The molecule has 4 nitrogen and oxygen atoms in total. The van der Waals surface area contributed by atoms with Gasteiger partial charge in [0.25, 0.3) is 0 Å². The maximum absolute atomic E-state index is 10.8. The van der Waals surface area contributed by atoms with Gasteiger partial charge in [0.05, 0.1) is 13.9 Å². The predicted molar refractivity (Wildman–Crippen MR) is 206 cm³/mol. The van der Waals surface area contributed by atoms with Crippen LogP contribution in [0, 0.1) is 0 Å². The van der Waals surface area contributed by atoms with Crippen molar-refractivity contribution in [3.8, 4) is 28.0 Å². The van der Waals surface area contributed by atoms with Crippen LogP contribution in [0.4, 0.5) is 17.1 Å². The highest BCUT2D eigenvalue weighted by molar-refractivity contribution is 6.18. The molecule has 50 heavy (non-hydrogen) atoms. The van der Waals surface area contributed by atoms with Crippen LogP contribution in [0.15, 0.2) is 179 Å². The SMILES string of the molecule is [2H]c1c([2H])c(-c2ccc(N(c3ccc(-c4ccccc4)cc3)c3cccc4c3oc3c5ccccc5ccc43)cc2)c2c(oc3c(O)c([2H])c([2H])c([2H])c32)c1[2H]. The number of para-hydroxylation sites is 2. The zero-order valence-corrected chi connectivity index (χ0v) is 26.4. The summed E-state index contributed by atoms with van der Waals surface area (Å²) in [5, 5.41) is 15.0. The standard InChI is InChI=1S/C46H29NO3/c48-41-17-7-15-39-43-35(13-8-18-42(43)49-46(39)41)32-21-26-34(27-22-32)47(33-24-19-30(20-25-33)29-9-2-1-3-10-29)40-16-6-14-37-38-28-23-31-11-4-5-12-36(31)44(38)50-45(37)40/h1-28,48H/i7D,8D,13D,15D,17D,18D. The Labute approximate surface area is 296 Å². The van der Waals surface area contributed by atoms with E-state index in [9.17, 15) is 5.11 Å². The van der Waals surface area contributed by atoms with Crippen molar-refractivity contribution in [1.82, 2.24) is 0 Å². The third kappa shape index (κ3) is 4.39. The van der Waals surface area contributed by atoms with E-state index in [1.54, 1.807) is 0 Å². The third-order valence-electron chi connectivity index (χ3n) is 9.36. The van der Waals surface area contributed by atoms with Gasteiger partial charge >= 0.3 is 0 Å². The summed E-state index contributed by atoms with van der Waals surface area (Å²) >= 11 is 0. The third-order valence-corrected chi connectivity index (χ3v) is 9.36. The summed E-state index contributed by atoms with van der Waals surface area (Å²) < 4.78 is 64.1. The van der Waals surface area contributed by atoms with Gasteiger partial charge in [-0.2, -0.15) is 0 Å². The first-order valence-electron chi connectivity index (χ1n) is 19.2. The molecule has 0 saturated carbocycles. The maximum Gasteiger partial charge on any atom is 0.177 e. The highest BCUT2D eigenvalue weighted by Crippen LogP contribution is 2.45. The number of aromatic hydroxyl groups is 1. The Morgan fingerprint density at radius 1 is 0.480 bits per heavy atom. The number of furan rings is 2. The van der Waals surface area contributed by atoms with Gasteiger partial charge in [-0.1, -0.05) is 121 Å². The highest BCUT2D eigenvalue weighted by Gasteiger charge is 2.21. The number of benzene rings is 8. The van der Waals surface area contributed by atoms with Crippen molar-refractivity contribution in [2.24, 2.45) is 0 Å². The van der Waals surface area contributed by atoms with Crippen molar-refractivity contribution in [2.45, 2.75) is 0 Å². The first-order chi connectivity index (χ1) is 27.2. The van der Waals surface area contributed by atoms with Gasteiger partial charge in [0, 0.05) is 38.3 Å². The van der Waals surface area contributed by atoms with Gasteiger partial charge in [-0.15, -0.1) is 0 Å². The number of anilines is 3. The molecule has 0 fully saturated rings. The van der Waals surface area contributed by atoms with Crippen LogP contribution in [0.5, 0.6) is 5.75 Å². The van der Waals surface area contributed by atoms with Crippen LogP contribution >= 0.6 is 0 Å². The van der Waals surface area contributed by atoms with E-state index < -0.39 is 17.8 Å². The minimum atomic E-state index is -0.627. The van der Waals surface area contributed by atoms with Crippen molar-refractivity contribution >= 4 is 71.7 Å². The lowest BCUT2D eigenvalue weighted by Crippen LogP contribution is -2.10. The summed E-state index contributed by atoms with van der Waals surface area (Å²) in [6, 6.07) is 41.9. The maximum atomic E-state index is 10.8. The Balaban J connectivity index is 1.19. The van der Waals surface area contributed by atoms with Crippen LogP contribution in [0.2, 0.25) is 0 Å². The molecule has 2 aromatic heterocycles. The molecule has 10 rings (SSSR count). The quantitative estimate of drug-likeness (QED) is 0.202. The molecule has 0 amide bonds. The Morgan fingerprint density at radius 3 is 1.98 bits per heavy atom. The molecule has 0 aliphatic rings. The van der Waals surface area contributed by atoms with Gasteiger partial charge < -0.3 is 18.8 Å². The topological polar surface area (TPSA) is 49.8 Å². The number of phenolic OH excluding ortho intramolecular Hbond substituents is 1. The van der Waals surface area contributed by atoms with E-state index in [4.69, 9.17) is 17.1 Å². The number of rotatable bonds is 5. The van der Waals surface area contributed by atoms with Crippen molar-refractivity contribution in [3.63, 3.8) is 0 Å². The first-order valence-corrected chi connectivity index (χ1v) is 16.2. The van der Waals surface area contributed by atoms with Crippen LogP contribution in [0.1, 0.15) is 8.22 Å². The van der Waals surface area contributed by atoms with E-state index in [0.29, 0.717) is 11.1 Å². The molecular formula is C46H29NO3. The van der Waals surface area contributed by atoms with Gasteiger partial charge in [-0.3, -0.25) is 0 Å². The molecule has 0 spiro atoms. The number of fused-ring (bicyclic) bond motifs is 8. The lowest BCUT2D eigenvalue weighted by atomic mass is 9.99. The molecule has 10 aromatic rings. The lowest BCUT2D eigenvalue weighted by molar-refractivity contribution is 0.469. The first kappa shape index (κ1) is 22.7. The van der Waals surface area contributed by atoms with Crippen LogP contribution in [-0.4, -0.2) is 5.11 Å². The van der Waals surface area contributed by atoms with E-state index >= 15 is 0 Å². The summed E-state index contributed by atoms with van der Waals surface area (Å²) in [6.45, 7) is 0. The molecule has 0 atom stereocenters. The van der Waals surface area contributed by atoms with Crippen LogP contribution in [-0.2, 0) is 0 Å². The minimum Gasteiger partial charge on any atom is -0.504 e. The minimum absolute atomic E-state index is 0.0174. The monoisotopic (exact) mass is 649 g/mol. The smallest absolute Gasteiger partial charge is 0.177 e. The Hall–Kier alpha value is -6.78. The lowest BCUT2D eigenvalue weighted by Gasteiger charge is -2.26. The fraction of sp³-hybridized carbons (Fsp3) is 0. The van der Waals surface area contributed by atoms with Gasteiger partial charge in [-0.25, -0.2) is 0 Å². The van der Waals surface area contributed by atoms with E-state index in [2.05, 4.69) is 71.6 Å². The summed E-state index contributed by atoms with van der Waals surface area (Å²) in [6.07, 6.45) is 0. The highest BCUT2D eigenvalue weighted by atomic mass is 16.4. The largest absolute Gasteiger partial charge is 0.504 e. The zero-order chi connectivity index (χ0) is 38.4. The van der Waals surface area contributed by atoms with E-state index in [1.807, 2.05) is 66.7 Å². The zero-order valence-electron chi connectivity index (χ0n) is 32.4. The molecule has 236 valence electrons. The van der Waals surface area contributed by atoms with Gasteiger partial charge in [0.2, 0.25) is 0 Å². The summed E-state index contributed by atoms with van der Waals surface area (Å²) in [5.74, 6) is -0.627. The van der Waals surface area contributed by atoms with Crippen LogP contribution < -0.4 is 4.90 Å². The van der Waals surface area contributed by atoms with Crippen molar-refractivity contribution < 1.29 is 22.2 Å². The number of phenols is 1. The molecule has 0 saturated heterocycles. The van der Waals surface area contributed by atoms with E-state index in [0.717, 1.165) is 55.3 Å². The Morgan fingerprint density at radius 2 is 1.16 bits per heavy atom. The normalized spacial score (nSPS) is 13.4. The summed E-state index contributed by atoms with van der Waals surface area (Å²) in [5.41, 5.74) is 6.53. The number of hydrogen-bond donors (Lipinski definition) is 1. The Bertz CT molecular complexity index is 3210. The van der Waals surface area contributed by atoms with Crippen LogP contribution in [0.3, 0.4) is 0 Å². The predicted octanol–water partition coefficient (Wildman–Crippen LogP) is 13.1. The van der Waals surface area contributed by atoms with Gasteiger partial charge in [0.1, 0.15) is 11.2 Å². The van der Waals surface area contributed by atoms with Gasteiger partial charge in [-0.05, 0) is 76.1 Å². The van der Waals surface area contributed by atoms with Gasteiger partial charge in [0.15, 0.2) is 16.9 Å². The number of nitrogens with zero attached hydrogens (tertiary/aromatic N) is 1. The molecule has 0 aliphatic carbocycles. The van der Waals surface area contributed by atoms with Crippen molar-refractivity contribution in [3.05, 3.63) is 170 Å². The average molecular weight is 650 g/mol. The second-order valence-corrected chi connectivity index (χ2v) is 12.2. The van der Waals surface area contributed by atoms with Crippen molar-refractivity contribution in [1.29, 1.82) is 0 Å². The fourth-order valence-electron chi connectivity index (χ4n) is 7.01. The summed E-state index contributed by atoms with van der Waals surface area (Å²) in [7, 11) is 0. The molecular weight excluding hydrogens is 615 g/mol.